The number of ether oxygens (including phenoxy) is 3. The predicted molar refractivity (Wildman–Crippen MR) is 80.6 cm³/mol. The summed E-state index contributed by atoms with van der Waals surface area (Å²) in [7, 11) is 1.57. The van der Waals surface area contributed by atoms with Crippen molar-refractivity contribution in [3.05, 3.63) is 53.6 Å². The molecule has 1 amide bonds. The average molecular weight is 298 g/mol. The lowest BCUT2D eigenvalue weighted by atomic mass is 10.2. The van der Waals surface area contributed by atoms with E-state index >= 15 is 0 Å². The van der Waals surface area contributed by atoms with Crippen molar-refractivity contribution < 1.29 is 19.0 Å². The van der Waals surface area contributed by atoms with E-state index in [0.717, 1.165) is 5.56 Å². The van der Waals surface area contributed by atoms with Gasteiger partial charge in [-0.05, 0) is 48.0 Å². The van der Waals surface area contributed by atoms with Crippen LogP contribution in [0.1, 0.15) is 15.9 Å². The van der Waals surface area contributed by atoms with Crippen LogP contribution >= 0.6 is 0 Å². The van der Waals surface area contributed by atoms with Crippen LogP contribution in [0.2, 0.25) is 0 Å². The summed E-state index contributed by atoms with van der Waals surface area (Å²) in [5.74, 6) is 1.78. The van der Waals surface area contributed by atoms with E-state index in [1.807, 2.05) is 6.07 Å². The minimum absolute atomic E-state index is 0.226. The Bertz CT molecular complexity index is 711. The maximum Gasteiger partial charge on any atom is 0.271 e. The molecule has 0 saturated heterocycles. The largest absolute Gasteiger partial charge is 0.497 e. The average Bonchev–Trinajstić information content (AvgIpc) is 3.02. The van der Waals surface area contributed by atoms with Crippen LogP contribution in [0.3, 0.4) is 0 Å². The van der Waals surface area contributed by atoms with Gasteiger partial charge in [-0.25, -0.2) is 5.43 Å². The summed E-state index contributed by atoms with van der Waals surface area (Å²) >= 11 is 0. The van der Waals surface area contributed by atoms with Gasteiger partial charge in [-0.3, -0.25) is 4.79 Å². The Morgan fingerprint density at radius 1 is 1.18 bits per heavy atom. The first kappa shape index (κ1) is 13.9. The van der Waals surface area contributed by atoms with Crippen molar-refractivity contribution in [2.24, 2.45) is 5.10 Å². The zero-order chi connectivity index (χ0) is 15.4. The van der Waals surface area contributed by atoms with Crippen LogP contribution in [0.25, 0.3) is 0 Å². The van der Waals surface area contributed by atoms with Crippen LogP contribution in [-0.2, 0) is 0 Å². The molecule has 0 aromatic heterocycles. The molecule has 22 heavy (non-hydrogen) atoms. The maximum atomic E-state index is 11.9. The molecule has 2 aromatic carbocycles. The summed E-state index contributed by atoms with van der Waals surface area (Å²) in [5, 5.41) is 3.93. The first-order valence-corrected chi connectivity index (χ1v) is 6.63. The highest BCUT2D eigenvalue weighted by Crippen LogP contribution is 2.31. The quantitative estimate of drug-likeness (QED) is 0.694. The molecule has 3 rings (SSSR count). The summed E-state index contributed by atoms with van der Waals surface area (Å²) in [4.78, 5) is 11.9. The van der Waals surface area contributed by atoms with Crippen molar-refractivity contribution >= 4 is 12.1 Å². The molecule has 0 saturated carbocycles. The second kappa shape index (κ2) is 6.17. The molecule has 1 heterocycles. The lowest BCUT2D eigenvalue weighted by Gasteiger charge is -2.02. The first-order valence-electron chi connectivity index (χ1n) is 6.63. The minimum Gasteiger partial charge on any atom is -0.497 e. The minimum atomic E-state index is -0.292. The standard InChI is InChI=1S/C16H14N2O4/c1-20-13-5-3-12(4-6-13)16(19)18-17-9-11-2-7-14-15(8-11)22-10-21-14/h2-9H,10H2,1H3,(H,18,19). The molecule has 0 aliphatic carbocycles. The van der Waals surface area contributed by atoms with E-state index in [4.69, 9.17) is 14.2 Å². The number of benzene rings is 2. The number of methoxy groups -OCH3 is 1. The van der Waals surface area contributed by atoms with Crippen molar-refractivity contribution in [2.75, 3.05) is 13.9 Å². The third-order valence-electron chi connectivity index (χ3n) is 3.13. The van der Waals surface area contributed by atoms with Crippen LogP contribution < -0.4 is 19.6 Å². The number of nitrogens with one attached hydrogen (secondary N) is 1. The third-order valence-corrected chi connectivity index (χ3v) is 3.13. The number of carbonyl (C=O) groups excluding carboxylic acids is 1. The molecule has 1 N–H and O–H groups in total. The number of hydrogen-bond acceptors (Lipinski definition) is 5. The monoisotopic (exact) mass is 298 g/mol. The van der Waals surface area contributed by atoms with E-state index in [-0.39, 0.29) is 12.7 Å². The van der Waals surface area contributed by atoms with E-state index in [1.165, 1.54) is 0 Å². The lowest BCUT2D eigenvalue weighted by Crippen LogP contribution is -2.17. The number of rotatable bonds is 4. The molecule has 0 unspecified atom stereocenters. The Hall–Kier alpha value is -3.02. The summed E-state index contributed by atoms with van der Waals surface area (Å²) in [6.07, 6.45) is 1.55. The van der Waals surface area contributed by atoms with E-state index < -0.39 is 0 Å². The van der Waals surface area contributed by atoms with Gasteiger partial charge in [-0.2, -0.15) is 5.10 Å². The van der Waals surface area contributed by atoms with E-state index in [1.54, 1.807) is 49.7 Å². The highest BCUT2D eigenvalue weighted by atomic mass is 16.7. The molecule has 2 aromatic rings. The van der Waals surface area contributed by atoms with Gasteiger partial charge in [-0.15, -0.1) is 0 Å². The summed E-state index contributed by atoms with van der Waals surface area (Å²) in [6, 6.07) is 12.2. The normalized spacial score (nSPS) is 12.4. The second-order valence-electron chi connectivity index (χ2n) is 4.54. The van der Waals surface area contributed by atoms with Gasteiger partial charge in [0.2, 0.25) is 6.79 Å². The topological polar surface area (TPSA) is 69.2 Å². The van der Waals surface area contributed by atoms with Crippen LogP contribution in [0.4, 0.5) is 0 Å². The van der Waals surface area contributed by atoms with Crippen molar-refractivity contribution in [2.45, 2.75) is 0 Å². The fraction of sp³-hybridized carbons (Fsp3) is 0.125. The van der Waals surface area contributed by atoms with Gasteiger partial charge in [0.15, 0.2) is 11.5 Å². The van der Waals surface area contributed by atoms with Gasteiger partial charge >= 0.3 is 0 Å². The van der Waals surface area contributed by atoms with Crippen LogP contribution in [-0.4, -0.2) is 26.0 Å². The predicted octanol–water partition coefficient (Wildman–Crippen LogP) is 2.19. The van der Waals surface area contributed by atoms with Crippen LogP contribution in [0.15, 0.2) is 47.6 Å². The van der Waals surface area contributed by atoms with Gasteiger partial charge in [0.05, 0.1) is 13.3 Å². The molecule has 1 aliphatic rings. The molecule has 6 nitrogen and oxygen atoms in total. The van der Waals surface area contributed by atoms with E-state index in [9.17, 15) is 4.79 Å². The number of hydrogen-bond donors (Lipinski definition) is 1. The first-order chi connectivity index (χ1) is 10.8. The Morgan fingerprint density at radius 2 is 1.95 bits per heavy atom. The lowest BCUT2D eigenvalue weighted by molar-refractivity contribution is 0.0955. The summed E-state index contributed by atoms with van der Waals surface area (Å²) in [5.41, 5.74) is 3.78. The second-order valence-corrected chi connectivity index (χ2v) is 4.54. The zero-order valence-corrected chi connectivity index (χ0v) is 11.9. The molecular weight excluding hydrogens is 284 g/mol. The van der Waals surface area contributed by atoms with E-state index in [0.29, 0.717) is 22.8 Å². The highest BCUT2D eigenvalue weighted by Gasteiger charge is 2.12. The molecule has 0 radical (unpaired) electrons. The number of fused-ring (bicyclic) bond motifs is 1. The van der Waals surface area contributed by atoms with Crippen molar-refractivity contribution in [3.63, 3.8) is 0 Å². The number of nitrogens with zero attached hydrogens (tertiary/aromatic N) is 1. The Morgan fingerprint density at radius 3 is 2.73 bits per heavy atom. The molecule has 0 bridgehead atoms. The number of hydrazone groups is 1. The smallest absolute Gasteiger partial charge is 0.271 e. The van der Waals surface area contributed by atoms with E-state index in [2.05, 4.69) is 10.5 Å². The summed E-state index contributed by atoms with van der Waals surface area (Å²) in [6.45, 7) is 0.226. The molecule has 112 valence electrons. The fourth-order valence-electron chi connectivity index (χ4n) is 1.97. The Balaban J connectivity index is 1.62. The Kier molecular flexibility index (Phi) is 3.91. The third kappa shape index (κ3) is 3.01. The van der Waals surface area contributed by atoms with Crippen molar-refractivity contribution in [1.29, 1.82) is 0 Å². The van der Waals surface area contributed by atoms with Gasteiger partial charge in [0.25, 0.3) is 5.91 Å². The molecular formula is C16H14N2O4. The summed E-state index contributed by atoms with van der Waals surface area (Å²) < 4.78 is 15.5. The maximum absolute atomic E-state index is 11.9. The number of carbonyl (C=O) groups is 1. The number of amides is 1. The molecule has 0 fully saturated rings. The molecule has 0 spiro atoms. The van der Waals surface area contributed by atoms with Crippen molar-refractivity contribution in [3.8, 4) is 17.2 Å². The Labute approximate surface area is 127 Å². The molecule has 1 aliphatic heterocycles. The van der Waals surface area contributed by atoms with Crippen LogP contribution in [0, 0.1) is 0 Å². The highest BCUT2D eigenvalue weighted by molar-refractivity contribution is 5.95. The van der Waals surface area contributed by atoms with Gasteiger partial charge in [0.1, 0.15) is 5.75 Å². The van der Waals surface area contributed by atoms with Gasteiger partial charge in [0, 0.05) is 5.56 Å². The SMILES string of the molecule is COc1ccc(C(=O)NN=Cc2ccc3c(c2)OCO3)cc1. The van der Waals surface area contributed by atoms with Gasteiger partial charge < -0.3 is 14.2 Å². The molecule has 0 atom stereocenters. The van der Waals surface area contributed by atoms with Crippen LogP contribution in [0.5, 0.6) is 17.2 Å². The zero-order valence-electron chi connectivity index (χ0n) is 11.9. The molecule has 6 heteroatoms. The van der Waals surface area contributed by atoms with Crippen molar-refractivity contribution in [1.82, 2.24) is 5.43 Å². The van der Waals surface area contributed by atoms with Gasteiger partial charge in [-0.1, -0.05) is 0 Å². The fourth-order valence-corrected chi connectivity index (χ4v) is 1.97.